The van der Waals surface area contributed by atoms with Crippen LogP contribution in [0.5, 0.6) is 0 Å². The van der Waals surface area contributed by atoms with Crippen molar-refractivity contribution in [1.82, 2.24) is 0 Å². The van der Waals surface area contributed by atoms with Gasteiger partial charge in [-0.1, -0.05) is 303 Å². The fraction of sp³-hybridized carbons (Fsp3) is 0.318. The summed E-state index contributed by atoms with van der Waals surface area (Å²) in [4.78, 5) is 0. The molecule has 0 spiro atoms. The zero-order valence-electron chi connectivity index (χ0n) is 58.3. The Balaban J connectivity index is 0.929. The lowest BCUT2D eigenvalue weighted by Crippen LogP contribution is -2.68. The molecule has 3 fully saturated rings. The van der Waals surface area contributed by atoms with Crippen LogP contribution in [0.2, 0.25) is 0 Å². The van der Waals surface area contributed by atoms with Crippen molar-refractivity contribution in [2.24, 2.45) is 0 Å². The molecule has 3 aliphatic heterocycles. The van der Waals surface area contributed by atoms with Gasteiger partial charge < -0.3 is 76.2 Å². The molecule has 15 atom stereocenters. The van der Waals surface area contributed by atoms with Crippen molar-refractivity contribution in [2.75, 3.05) is 19.8 Å². The third-order valence-electron chi connectivity index (χ3n) is 18.6. The monoisotopic (exact) mass is 1400 g/mol. The zero-order valence-corrected chi connectivity index (χ0v) is 58.3. The molecule has 3 saturated heterocycles. The molecule has 3 aliphatic rings. The van der Waals surface area contributed by atoms with Crippen LogP contribution in [-0.4, -0.2) is 117 Å². The van der Waals surface area contributed by atoms with Crippen LogP contribution in [0, 0.1) is 0 Å². The summed E-state index contributed by atoms with van der Waals surface area (Å²) in [7, 11) is 0. The molecule has 1 N–H and O–H groups in total. The van der Waals surface area contributed by atoms with Gasteiger partial charge in [0.2, 0.25) is 0 Å². The molecular weight excluding hydrogens is 1310 g/mol. The van der Waals surface area contributed by atoms with Crippen molar-refractivity contribution >= 4 is 0 Å². The van der Waals surface area contributed by atoms with Crippen molar-refractivity contribution in [3.05, 3.63) is 359 Å². The molecule has 10 aromatic rings. The van der Waals surface area contributed by atoms with Crippen LogP contribution in [0.4, 0.5) is 0 Å². The van der Waals surface area contributed by atoms with Crippen LogP contribution in [0.15, 0.2) is 303 Å². The smallest absolute Gasteiger partial charge is 0.187 e. The second kappa shape index (κ2) is 39.6. The highest BCUT2D eigenvalue weighted by Crippen LogP contribution is 2.40. The van der Waals surface area contributed by atoms with Gasteiger partial charge in [0.15, 0.2) is 18.9 Å². The van der Waals surface area contributed by atoms with Gasteiger partial charge in [-0.15, -0.1) is 0 Å². The summed E-state index contributed by atoms with van der Waals surface area (Å²) in [6, 6.07) is 99.4. The fourth-order valence-corrected chi connectivity index (χ4v) is 13.2. The first-order valence-electron chi connectivity index (χ1n) is 35.9. The summed E-state index contributed by atoms with van der Waals surface area (Å²) in [6.45, 7) is 1.71. The first-order valence-corrected chi connectivity index (χ1v) is 35.9. The molecule has 3 heterocycles. The third kappa shape index (κ3) is 21.6. The molecule has 0 aliphatic carbocycles. The van der Waals surface area contributed by atoms with Crippen LogP contribution in [0.1, 0.15) is 55.6 Å². The van der Waals surface area contributed by atoms with E-state index < -0.39 is 92.1 Å². The first-order chi connectivity index (χ1) is 51.5. The Bertz CT molecular complexity index is 3960. The van der Waals surface area contributed by atoms with Crippen LogP contribution in [0.3, 0.4) is 0 Å². The number of hydrogen-bond acceptors (Lipinski definition) is 16. The Morgan fingerprint density at radius 1 is 0.202 bits per heavy atom. The van der Waals surface area contributed by atoms with Crippen LogP contribution >= 0.6 is 0 Å². The van der Waals surface area contributed by atoms with E-state index in [1.54, 1.807) is 0 Å². The van der Waals surface area contributed by atoms with Gasteiger partial charge in [-0.05, 0) is 55.6 Å². The maximum absolute atomic E-state index is 12.4. The summed E-state index contributed by atoms with van der Waals surface area (Å²) in [5, 5.41) is 12.4. The number of ether oxygens (including phenoxy) is 15. The van der Waals surface area contributed by atoms with Gasteiger partial charge in [0.1, 0.15) is 73.2 Å². The average molecular weight is 1410 g/mol. The lowest BCUT2D eigenvalue weighted by molar-refractivity contribution is -0.394. The number of benzene rings is 10. The second-order valence-electron chi connectivity index (χ2n) is 26.2. The third-order valence-corrected chi connectivity index (χ3v) is 18.6. The zero-order chi connectivity index (χ0) is 70.6. The standard InChI is InChI=1S/C88H92O16/c89-86-83(97-58-71-45-25-8-26-46-71)81(95-56-69-41-21-6-22-42-69)78(75(100-86)62-91-52-65-33-13-2-14-34-65)103-88-85(99-60-73-49-29-10-30-50-73)82(96-57-70-43-23-7-24-44-70)79(76(102-88)63-92-53-66-35-15-3-16-36-66)104-87-84(98-59-72-47-27-9-28-48-72)80(94-55-68-39-19-5-20-40-68)77(93-54-67-37-17-4-18-38-67)74(101-87)61-90-51-64-31-11-1-12-32-64/h1-50,74-89H,51-63H2/t74-,75-,76-,77+,78-,79-,80+,81+,82+,83-,84-,85-,86+,87+,88-/m1/s1. The maximum Gasteiger partial charge on any atom is 0.187 e. The molecule has 0 unspecified atom stereocenters. The lowest BCUT2D eigenvalue weighted by Gasteiger charge is -2.51. The van der Waals surface area contributed by atoms with Crippen LogP contribution in [-0.2, 0) is 137 Å². The van der Waals surface area contributed by atoms with Crippen molar-refractivity contribution in [3.63, 3.8) is 0 Å². The molecule has 16 nitrogen and oxygen atoms in total. The minimum Gasteiger partial charge on any atom is -0.374 e. The van der Waals surface area contributed by atoms with Crippen molar-refractivity contribution in [2.45, 2.75) is 158 Å². The molecule has 104 heavy (non-hydrogen) atoms. The summed E-state index contributed by atoms with van der Waals surface area (Å²) in [5.74, 6) is 0. The first kappa shape index (κ1) is 73.9. The Kier molecular flexibility index (Phi) is 28.1. The Morgan fingerprint density at radius 2 is 0.394 bits per heavy atom. The van der Waals surface area contributed by atoms with E-state index in [4.69, 9.17) is 71.1 Å². The van der Waals surface area contributed by atoms with Gasteiger partial charge in [0.05, 0.1) is 85.9 Å². The SMILES string of the molecule is O[C@H]1O[C@H](COCc2ccccc2)[C@@H](O[C@H]2O[C@H](COCc3ccccc3)[C@@H](O[C@@H]3O[C@H](COCc4ccccc4)[C@H](OCc4ccccc4)[C@H](OCc4ccccc4)[C@H]3OCc3ccccc3)[C@H](OCc3ccccc3)[C@H]2OCc2ccccc2)[C@H](OCc2ccccc2)[C@H]1OCc1ccccc1. The van der Waals surface area contributed by atoms with E-state index in [2.05, 4.69) is 0 Å². The Hall–Kier alpha value is -8.44. The molecule has 0 amide bonds. The van der Waals surface area contributed by atoms with Crippen LogP contribution < -0.4 is 0 Å². The van der Waals surface area contributed by atoms with Crippen molar-refractivity contribution in [1.29, 1.82) is 0 Å². The highest BCUT2D eigenvalue weighted by molar-refractivity contribution is 5.21. The van der Waals surface area contributed by atoms with Gasteiger partial charge in [-0.3, -0.25) is 0 Å². The summed E-state index contributed by atoms with van der Waals surface area (Å²) in [6.07, 6.45) is -16.1. The average Bonchev–Trinajstić information content (AvgIpc) is 0.764. The number of rotatable bonds is 37. The fourth-order valence-electron chi connectivity index (χ4n) is 13.2. The van der Waals surface area contributed by atoms with Gasteiger partial charge >= 0.3 is 0 Å². The molecule has 0 radical (unpaired) electrons. The van der Waals surface area contributed by atoms with E-state index in [9.17, 15) is 5.11 Å². The van der Waals surface area contributed by atoms with Crippen LogP contribution in [0.25, 0.3) is 0 Å². The highest BCUT2D eigenvalue weighted by Gasteiger charge is 2.57. The lowest BCUT2D eigenvalue weighted by atomic mass is 9.95. The largest absolute Gasteiger partial charge is 0.374 e. The molecule has 0 bridgehead atoms. The number of aliphatic hydroxyl groups excluding tert-OH is 1. The van der Waals surface area contributed by atoms with E-state index in [-0.39, 0.29) is 79.3 Å². The van der Waals surface area contributed by atoms with E-state index >= 15 is 0 Å². The quantitative estimate of drug-likeness (QED) is 0.0392. The number of aliphatic hydroxyl groups is 1. The highest BCUT2D eigenvalue weighted by atomic mass is 16.8. The van der Waals surface area contributed by atoms with E-state index in [1.807, 2.05) is 303 Å². The Labute approximate surface area is 610 Å². The van der Waals surface area contributed by atoms with E-state index in [0.29, 0.717) is 6.61 Å². The van der Waals surface area contributed by atoms with Crippen molar-refractivity contribution < 1.29 is 76.2 Å². The maximum atomic E-state index is 12.4. The van der Waals surface area contributed by atoms with Gasteiger partial charge in [-0.2, -0.15) is 0 Å². The van der Waals surface area contributed by atoms with Crippen molar-refractivity contribution in [3.8, 4) is 0 Å². The molecule has 540 valence electrons. The predicted octanol–water partition coefficient (Wildman–Crippen LogP) is 14.7. The normalized spacial score (nSPS) is 24.8. The molecule has 16 heteroatoms. The molecule has 13 rings (SSSR count). The second-order valence-corrected chi connectivity index (χ2v) is 26.2. The van der Waals surface area contributed by atoms with Gasteiger partial charge in [0, 0.05) is 0 Å². The van der Waals surface area contributed by atoms with Gasteiger partial charge in [-0.25, -0.2) is 0 Å². The summed E-state index contributed by atoms with van der Waals surface area (Å²) >= 11 is 0. The summed E-state index contributed by atoms with van der Waals surface area (Å²) < 4.78 is 108. The molecular formula is C88H92O16. The Morgan fingerprint density at radius 3 is 0.663 bits per heavy atom. The van der Waals surface area contributed by atoms with E-state index in [1.165, 1.54) is 0 Å². The topological polar surface area (TPSA) is 159 Å². The predicted molar refractivity (Wildman–Crippen MR) is 391 cm³/mol. The molecule has 0 saturated carbocycles. The van der Waals surface area contributed by atoms with E-state index in [0.717, 1.165) is 55.6 Å². The molecule has 10 aromatic carbocycles. The van der Waals surface area contributed by atoms with Gasteiger partial charge in [0.25, 0.3) is 0 Å². The summed E-state index contributed by atoms with van der Waals surface area (Å²) in [5.41, 5.74) is 9.20. The minimum atomic E-state index is -1.50. The molecule has 0 aromatic heterocycles. The minimum absolute atomic E-state index is 0.0397. The number of hydrogen-bond donors (Lipinski definition) is 1.